The van der Waals surface area contributed by atoms with Gasteiger partial charge in [0.2, 0.25) is 5.91 Å². The molecule has 0 spiro atoms. The monoisotopic (exact) mass is 312 g/mol. The molecule has 0 aliphatic heterocycles. The molecule has 23 heavy (non-hydrogen) atoms. The van der Waals surface area contributed by atoms with Crippen LogP contribution in [0.15, 0.2) is 54.6 Å². The molecule has 0 saturated carbocycles. The summed E-state index contributed by atoms with van der Waals surface area (Å²) in [6.07, 6.45) is -0.622. The number of benzene rings is 2. The molecule has 2 amide bonds. The second-order valence-electron chi connectivity index (χ2n) is 5.33. The third-order valence-corrected chi connectivity index (χ3v) is 3.44. The molecule has 0 bridgehead atoms. The summed E-state index contributed by atoms with van der Waals surface area (Å²) in [6, 6.07) is 16.2. The average molecular weight is 312 g/mol. The van der Waals surface area contributed by atoms with Crippen molar-refractivity contribution < 1.29 is 14.3 Å². The maximum absolute atomic E-state index is 12.4. The Balaban J connectivity index is 1.95. The van der Waals surface area contributed by atoms with E-state index in [1.54, 1.807) is 43.1 Å². The number of carbonyl (C=O) groups is 2. The summed E-state index contributed by atoms with van der Waals surface area (Å²) in [6.45, 7) is 2.22. The second kappa shape index (κ2) is 7.45. The number of hydrogen-bond acceptors (Lipinski definition) is 3. The maximum Gasteiger partial charge on any atom is 0.263 e. The van der Waals surface area contributed by atoms with Gasteiger partial charge in [-0.3, -0.25) is 9.59 Å². The Kier molecular flexibility index (Phi) is 5.36. The Hall–Kier alpha value is -2.82. The lowest BCUT2D eigenvalue weighted by Gasteiger charge is -2.22. The Morgan fingerprint density at radius 1 is 1.09 bits per heavy atom. The van der Waals surface area contributed by atoms with E-state index in [-0.39, 0.29) is 5.91 Å². The van der Waals surface area contributed by atoms with Crippen molar-refractivity contribution >= 4 is 11.8 Å². The van der Waals surface area contributed by atoms with Crippen LogP contribution in [0.3, 0.4) is 0 Å². The molecule has 2 aromatic carbocycles. The zero-order chi connectivity index (χ0) is 16.8. The van der Waals surface area contributed by atoms with E-state index < -0.39 is 12.0 Å². The van der Waals surface area contributed by atoms with Gasteiger partial charge in [-0.1, -0.05) is 30.3 Å². The number of nitrogens with zero attached hydrogens (tertiary/aromatic N) is 1. The summed E-state index contributed by atoms with van der Waals surface area (Å²) in [5.74, 6) is -0.0972. The highest BCUT2D eigenvalue weighted by molar-refractivity contribution is 5.92. The fraction of sp³-hybridized carbons (Fsp3) is 0.222. The molecule has 0 unspecified atom stereocenters. The molecule has 1 atom stereocenters. The van der Waals surface area contributed by atoms with Gasteiger partial charge in [-0.05, 0) is 36.8 Å². The molecule has 2 aromatic rings. The fourth-order valence-electron chi connectivity index (χ4n) is 2.20. The Labute approximate surface area is 135 Å². The van der Waals surface area contributed by atoms with Crippen molar-refractivity contribution in [3.8, 4) is 5.75 Å². The van der Waals surface area contributed by atoms with E-state index in [0.717, 1.165) is 5.56 Å². The highest BCUT2D eigenvalue weighted by Gasteiger charge is 2.19. The van der Waals surface area contributed by atoms with Gasteiger partial charge < -0.3 is 15.4 Å². The van der Waals surface area contributed by atoms with Gasteiger partial charge in [-0.25, -0.2) is 0 Å². The predicted molar refractivity (Wildman–Crippen MR) is 88.0 cm³/mol. The lowest BCUT2D eigenvalue weighted by atomic mass is 10.2. The largest absolute Gasteiger partial charge is 0.481 e. The number of nitrogens with two attached hydrogens (primary N) is 1. The predicted octanol–water partition coefficient (Wildman–Crippen LogP) is 2.21. The number of amides is 2. The highest BCUT2D eigenvalue weighted by Crippen LogP contribution is 2.15. The maximum atomic E-state index is 12.4. The summed E-state index contributed by atoms with van der Waals surface area (Å²) in [7, 11) is 1.74. The molecule has 120 valence electrons. The number of hydrogen-bond donors (Lipinski definition) is 1. The topological polar surface area (TPSA) is 72.6 Å². The number of ether oxygens (including phenoxy) is 1. The number of likely N-dealkylation sites (N-methyl/N-ethyl adjacent to an activating group) is 1. The van der Waals surface area contributed by atoms with Gasteiger partial charge in [0, 0.05) is 19.2 Å². The standard InChI is InChI=1S/C18H20N2O3/c1-13(23-16-10-8-15(9-11-16)17(19)21)18(22)20(2)12-14-6-4-3-5-7-14/h3-11,13H,12H2,1-2H3,(H2,19,21)/t13-/m1/s1. The number of rotatable bonds is 6. The van der Waals surface area contributed by atoms with Crippen LogP contribution in [0, 0.1) is 0 Å². The molecule has 2 N–H and O–H groups in total. The summed E-state index contributed by atoms with van der Waals surface area (Å²) in [5.41, 5.74) is 6.64. The molecular formula is C18H20N2O3. The van der Waals surface area contributed by atoms with Gasteiger partial charge in [-0.15, -0.1) is 0 Å². The van der Waals surface area contributed by atoms with Crippen LogP contribution in [0.5, 0.6) is 5.75 Å². The molecule has 0 radical (unpaired) electrons. The molecule has 0 aliphatic carbocycles. The number of primary amides is 1. The van der Waals surface area contributed by atoms with Crippen LogP contribution in [-0.2, 0) is 11.3 Å². The summed E-state index contributed by atoms with van der Waals surface area (Å²) in [4.78, 5) is 25.0. The zero-order valence-electron chi connectivity index (χ0n) is 13.2. The molecule has 0 aliphatic rings. The van der Waals surface area contributed by atoms with Gasteiger partial charge >= 0.3 is 0 Å². The zero-order valence-corrected chi connectivity index (χ0v) is 13.2. The lowest BCUT2D eigenvalue weighted by Crippen LogP contribution is -2.37. The molecule has 0 saturated heterocycles. The lowest BCUT2D eigenvalue weighted by molar-refractivity contribution is -0.137. The molecule has 5 nitrogen and oxygen atoms in total. The van der Waals surface area contributed by atoms with Crippen molar-refractivity contribution in [3.05, 3.63) is 65.7 Å². The van der Waals surface area contributed by atoms with Crippen LogP contribution in [-0.4, -0.2) is 29.9 Å². The van der Waals surface area contributed by atoms with Gasteiger partial charge in [0.25, 0.3) is 5.91 Å². The van der Waals surface area contributed by atoms with E-state index in [1.165, 1.54) is 0 Å². The van der Waals surface area contributed by atoms with Gasteiger partial charge in [0.15, 0.2) is 6.10 Å². The molecule has 0 fully saturated rings. The normalized spacial score (nSPS) is 11.6. The van der Waals surface area contributed by atoms with Crippen molar-refractivity contribution in [2.45, 2.75) is 19.6 Å². The average Bonchev–Trinajstić information content (AvgIpc) is 2.55. The first kappa shape index (κ1) is 16.5. The van der Waals surface area contributed by atoms with Crippen LogP contribution in [0.4, 0.5) is 0 Å². The molecule has 0 aromatic heterocycles. The first-order valence-electron chi connectivity index (χ1n) is 7.33. The van der Waals surface area contributed by atoms with E-state index in [2.05, 4.69) is 0 Å². The SMILES string of the molecule is C[C@@H](Oc1ccc(C(N)=O)cc1)C(=O)N(C)Cc1ccccc1. The first-order valence-corrected chi connectivity index (χ1v) is 7.33. The summed E-state index contributed by atoms with van der Waals surface area (Å²) in [5, 5.41) is 0. The molecule has 0 heterocycles. The second-order valence-corrected chi connectivity index (χ2v) is 5.33. The smallest absolute Gasteiger partial charge is 0.263 e. The van der Waals surface area contributed by atoms with E-state index in [0.29, 0.717) is 17.9 Å². The van der Waals surface area contributed by atoms with E-state index in [1.807, 2.05) is 30.3 Å². The number of carbonyl (C=O) groups excluding carboxylic acids is 2. The Morgan fingerprint density at radius 3 is 2.26 bits per heavy atom. The van der Waals surface area contributed by atoms with Crippen LogP contribution >= 0.6 is 0 Å². The van der Waals surface area contributed by atoms with E-state index in [4.69, 9.17) is 10.5 Å². The van der Waals surface area contributed by atoms with E-state index in [9.17, 15) is 9.59 Å². The third-order valence-electron chi connectivity index (χ3n) is 3.44. The minimum atomic E-state index is -0.622. The quantitative estimate of drug-likeness (QED) is 0.889. The minimum absolute atomic E-state index is 0.118. The van der Waals surface area contributed by atoms with Crippen molar-refractivity contribution in [1.29, 1.82) is 0 Å². The van der Waals surface area contributed by atoms with Crippen molar-refractivity contribution in [3.63, 3.8) is 0 Å². The van der Waals surface area contributed by atoms with Gasteiger partial charge in [0.1, 0.15) is 5.75 Å². The third kappa shape index (κ3) is 4.57. The van der Waals surface area contributed by atoms with Crippen molar-refractivity contribution in [2.75, 3.05) is 7.05 Å². The summed E-state index contributed by atoms with van der Waals surface area (Å²) < 4.78 is 5.63. The van der Waals surface area contributed by atoms with Gasteiger partial charge in [-0.2, -0.15) is 0 Å². The van der Waals surface area contributed by atoms with Crippen LogP contribution < -0.4 is 10.5 Å². The first-order chi connectivity index (χ1) is 11.0. The molecular weight excluding hydrogens is 292 g/mol. The highest BCUT2D eigenvalue weighted by atomic mass is 16.5. The Morgan fingerprint density at radius 2 is 1.70 bits per heavy atom. The molecule has 2 rings (SSSR count). The van der Waals surface area contributed by atoms with E-state index >= 15 is 0 Å². The fourth-order valence-corrected chi connectivity index (χ4v) is 2.20. The van der Waals surface area contributed by atoms with Crippen LogP contribution in [0.25, 0.3) is 0 Å². The van der Waals surface area contributed by atoms with Crippen molar-refractivity contribution in [2.24, 2.45) is 5.73 Å². The Bertz CT molecular complexity index is 668. The minimum Gasteiger partial charge on any atom is -0.481 e. The molecule has 5 heteroatoms. The van der Waals surface area contributed by atoms with Crippen LogP contribution in [0.1, 0.15) is 22.8 Å². The van der Waals surface area contributed by atoms with Crippen molar-refractivity contribution in [1.82, 2.24) is 4.90 Å². The summed E-state index contributed by atoms with van der Waals surface area (Å²) >= 11 is 0. The van der Waals surface area contributed by atoms with Crippen LogP contribution in [0.2, 0.25) is 0 Å². The van der Waals surface area contributed by atoms with Gasteiger partial charge in [0.05, 0.1) is 0 Å².